The van der Waals surface area contributed by atoms with Gasteiger partial charge in [0.05, 0.1) is 5.41 Å². The Bertz CT molecular complexity index is 386. The van der Waals surface area contributed by atoms with Crippen LogP contribution in [0.15, 0.2) is 0 Å². The summed E-state index contributed by atoms with van der Waals surface area (Å²) in [6, 6.07) is 0. The van der Waals surface area contributed by atoms with Crippen LogP contribution in [-0.4, -0.2) is 35.0 Å². The van der Waals surface area contributed by atoms with Gasteiger partial charge in [-0.2, -0.15) is 0 Å². The van der Waals surface area contributed by atoms with E-state index in [1.807, 2.05) is 4.90 Å². The van der Waals surface area contributed by atoms with Crippen molar-refractivity contribution in [2.45, 2.75) is 45.4 Å². The fourth-order valence-corrected chi connectivity index (χ4v) is 4.00. The number of hydrogen-bond acceptors (Lipinski definition) is 2. The third kappa shape index (κ3) is 2.15. The van der Waals surface area contributed by atoms with Gasteiger partial charge in [0, 0.05) is 19.0 Å². The van der Waals surface area contributed by atoms with Gasteiger partial charge in [0.15, 0.2) is 0 Å². The Morgan fingerprint density at radius 1 is 1.11 bits per heavy atom. The molecule has 0 radical (unpaired) electrons. The Kier molecular flexibility index (Phi) is 3.06. The number of fused-ring (bicyclic) bond motifs is 1. The fourth-order valence-electron chi connectivity index (χ4n) is 4.00. The van der Waals surface area contributed by atoms with Crippen molar-refractivity contribution in [1.82, 2.24) is 4.90 Å². The lowest BCUT2D eigenvalue weighted by atomic mass is 9.80. The van der Waals surface area contributed by atoms with E-state index in [0.717, 1.165) is 0 Å². The molecule has 0 aromatic rings. The van der Waals surface area contributed by atoms with Crippen molar-refractivity contribution in [3.8, 4) is 0 Å². The third-order valence-corrected chi connectivity index (χ3v) is 5.64. The van der Waals surface area contributed by atoms with Gasteiger partial charge in [-0.15, -0.1) is 0 Å². The molecule has 106 valence electrons. The Labute approximate surface area is 114 Å². The molecule has 3 fully saturated rings. The molecule has 0 bridgehead atoms. The van der Waals surface area contributed by atoms with Crippen LogP contribution in [0.1, 0.15) is 45.4 Å². The molecule has 3 aliphatic rings. The highest BCUT2D eigenvalue weighted by Gasteiger charge is 2.56. The van der Waals surface area contributed by atoms with E-state index in [2.05, 4.69) is 0 Å². The lowest BCUT2D eigenvalue weighted by Crippen LogP contribution is -2.45. The lowest BCUT2D eigenvalue weighted by molar-refractivity contribution is -0.153. The van der Waals surface area contributed by atoms with Crippen molar-refractivity contribution in [3.63, 3.8) is 0 Å². The zero-order valence-corrected chi connectivity index (χ0v) is 11.6. The summed E-state index contributed by atoms with van der Waals surface area (Å²) in [5.41, 5.74) is -0.632. The number of carboxylic acid groups (broad SMARTS) is 1. The van der Waals surface area contributed by atoms with Crippen LogP contribution in [0.5, 0.6) is 0 Å². The van der Waals surface area contributed by atoms with Crippen molar-refractivity contribution in [3.05, 3.63) is 0 Å². The quantitative estimate of drug-likeness (QED) is 0.832. The van der Waals surface area contributed by atoms with Gasteiger partial charge in [-0.25, -0.2) is 0 Å². The first-order valence-corrected chi connectivity index (χ1v) is 7.55. The molecule has 1 aliphatic heterocycles. The van der Waals surface area contributed by atoms with Gasteiger partial charge in [0.1, 0.15) is 0 Å². The van der Waals surface area contributed by atoms with Crippen molar-refractivity contribution >= 4 is 11.9 Å². The largest absolute Gasteiger partial charge is 0.481 e. The highest BCUT2D eigenvalue weighted by atomic mass is 16.4. The summed E-state index contributed by atoms with van der Waals surface area (Å²) in [6.45, 7) is 3.04. The number of carbonyl (C=O) groups is 2. The Morgan fingerprint density at radius 3 is 2.11 bits per heavy atom. The molecule has 2 aliphatic carbocycles. The summed E-state index contributed by atoms with van der Waals surface area (Å²) >= 11 is 0. The van der Waals surface area contributed by atoms with Crippen LogP contribution in [0.25, 0.3) is 0 Å². The topological polar surface area (TPSA) is 57.6 Å². The second-order valence-corrected chi connectivity index (χ2v) is 6.83. The summed E-state index contributed by atoms with van der Waals surface area (Å²) in [5, 5.41) is 9.21. The maximum absolute atomic E-state index is 12.5. The monoisotopic (exact) mass is 265 g/mol. The maximum Gasteiger partial charge on any atom is 0.309 e. The number of nitrogens with zero attached hydrogens (tertiary/aromatic N) is 1. The molecular weight excluding hydrogens is 242 g/mol. The minimum Gasteiger partial charge on any atom is -0.481 e. The van der Waals surface area contributed by atoms with Gasteiger partial charge in [0.2, 0.25) is 5.91 Å². The van der Waals surface area contributed by atoms with E-state index in [0.29, 0.717) is 43.7 Å². The number of aliphatic carboxylic acids is 1. The third-order valence-electron chi connectivity index (χ3n) is 5.64. The molecule has 0 aromatic carbocycles. The van der Waals surface area contributed by atoms with E-state index in [1.165, 1.54) is 25.7 Å². The molecule has 2 atom stereocenters. The number of piperidine rings is 1. The van der Waals surface area contributed by atoms with Crippen molar-refractivity contribution in [2.24, 2.45) is 23.2 Å². The molecule has 1 amide bonds. The molecular formula is C15H23NO3. The minimum absolute atomic E-state index is 0.275. The summed E-state index contributed by atoms with van der Waals surface area (Å²) in [7, 11) is 0. The van der Waals surface area contributed by atoms with Crippen LogP contribution in [0.2, 0.25) is 0 Å². The molecule has 1 saturated heterocycles. The normalized spacial score (nSPS) is 36.5. The van der Waals surface area contributed by atoms with Gasteiger partial charge in [0.25, 0.3) is 0 Å². The predicted octanol–water partition coefficient (Wildman–Crippen LogP) is 2.14. The summed E-state index contributed by atoms with van der Waals surface area (Å²) in [5.74, 6) is 1.16. The van der Waals surface area contributed by atoms with E-state index < -0.39 is 11.4 Å². The minimum atomic E-state index is -0.723. The molecule has 0 spiro atoms. The first-order chi connectivity index (χ1) is 9.03. The molecule has 2 unspecified atom stereocenters. The molecule has 19 heavy (non-hydrogen) atoms. The predicted molar refractivity (Wildman–Crippen MR) is 70.5 cm³/mol. The number of hydrogen-bond donors (Lipinski definition) is 1. The Hall–Kier alpha value is -1.06. The SMILES string of the molecule is CC1(C(=O)O)CCN(C(=O)C2C3CCCCC32)CC1. The Balaban J connectivity index is 1.57. The molecule has 1 N–H and O–H groups in total. The van der Waals surface area contributed by atoms with E-state index in [-0.39, 0.29) is 5.92 Å². The average Bonchev–Trinajstić information content (AvgIpc) is 3.13. The lowest BCUT2D eigenvalue weighted by Gasteiger charge is -2.36. The highest BCUT2D eigenvalue weighted by Crippen LogP contribution is 2.56. The fraction of sp³-hybridized carbons (Fsp3) is 0.867. The van der Waals surface area contributed by atoms with E-state index in [4.69, 9.17) is 0 Å². The number of amides is 1. The molecule has 1 heterocycles. The van der Waals surface area contributed by atoms with Crippen molar-refractivity contribution < 1.29 is 14.7 Å². The molecule has 4 heteroatoms. The first-order valence-electron chi connectivity index (χ1n) is 7.55. The van der Waals surface area contributed by atoms with Crippen LogP contribution in [0.3, 0.4) is 0 Å². The summed E-state index contributed by atoms with van der Waals surface area (Å²) in [4.78, 5) is 25.6. The zero-order valence-electron chi connectivity index (χ0n) is 11.6. The van der Waals surface area contributed by atoms with Gasteiger partial charge >= 0.3 is 5.97 Å². The van der Waals surface area contributed by atoms with Gasteiger partial charge < -0.3 is 10.0 Å². The number of likely N-dealkylation sites (tertiary alicyclic amines) is 1. The van der Waals surface area contributed by atoms with E-state index in [9.17, 15) is 14.7 Å². The van der Waals surface area contributed by atoms with Gasteiger partial charge in [-0.05, 0) is 44.4 Å². The number of carbonyl (C=O) groups excluding carboxylic acids is 1. The van der Waals surface area contributed by atoms with Crippen molar-refractivity contribution in [2.75, 3.05) is 13.1 Å². The summed E-state index contributed by atoms with van der Waals surface area (Å²) in [6.07, 6.45) is 6.19. The smallest absolute Gasteiger partial charge is 0.309 e. The highest BCUT2D eigenvalue weighted by molar-refractivity contribution is 5.83. The van der Waals surface area contributed by atoms with Crippen LogP contribution in [0.4, 0.5) is 0 Å². The number of carboxylic acids is 1. The zero-order chi connectivity index (χ0) is 13.6. The van der Waals surface area contributed by atoms with E-state index in [1.54, 1.807) is 6.92 Å². The Morgan fingerprint density at radius 2 is 1.63 bits per heavy atom. The maximum atomic E-state index is 12.5. The molecule has 0 aromatic heterocycles. The second-order valence-electron chi connectivity index (χ2n) is 6.83. The van der Waals surface area contributed by atoms with Gasteiger partial charge in [-0.1, -0.05) is 12.8 Å². The van der Waals surface area contributed by atoms with Crippen LogP contribution in [-0.2, 0) is 9.59 Å². The molecule has 3 rings (SSSR count). The second kappa shape index (κ2) is 4.50. The molecule has 2 saturated carbocycles. The first kappa shape index (κ1) is 12.9. The van der Waals surface area contributed by atoms with E-state index >= 15 is 0 Å². The van der Waals surface area contributed by atoms with Gasteiger partial charge in [-0.3, -0.25) is 9.59 Å². The molecule has 4 nitrogen and oxygen atoms in total. The number of rotatable bonds is 2. The van der Waals surface area contributed by atoms with Crippen LogP contribution < -0.4 is 0 Å². The standard InChI is InChI=1S/C15H23NO3/c1-15(14(18)19)6-8-16(9-7-15)13(17)12-10-4-2-3-5-11(10)12/h10-12H,2-9H2,1H3,(H,18,19). The van der Waals surface area contributed by atoms with Crippen LogP contribution >= 0.6 is 0 Å². The van der Waals surface area contributed by atoms with Crippen LogP contribution in [0, 0.1) is 23.2 Å². The average molecular weight is 265 g/mol. The summed E-state index contributed by atoms with van der Waals surface area (Å²) < 4.78 is 0. The van der Waals surface area contributed by atoms with Crippen molar-refractivity contribution in [1.29, 1.82) is 0 Å².